The van der Waals surface area contributed by atoms with E-state index in [0.717, 1.165) is 12.8 Å². The van der Waals surface area contributed by atoms with Crippen LogP contribution in [-0.4, -0.2) is 0 Å². The van der Waals surface area contributed by atoms with Gasteiger partial charge in [0.1, 0.15) is 0 Å². The molecule has 3 aromatic rings. The van der Waals surface area contributed by atoms with Crippen LogP contribution in [0.1, 0.15) is 48.3 Å². The molecule has 0 nitrogen and oxygen atoms in total. The number of fused-ring (bicyclic) bond motifs is 4. The van der Waals surface area contributed by atoms with Crippen LogP contribution in [0.4, 0.5) is 0 Å². The number of hydrogen-bond donors (Lipinski definition) is 0. The summed E-state index contributed by atoms with van der Waals surface area (Å²) in [4.78, 5) is 0. The summed E-state index contributed by atoms with van der Waals surface area (Å²) in [5, 5.41) is 5.63. The summed E-state index contributed by atoms with van der Waals surface area (Å²) < 4.78 is 0. The second-order valence-electron chi connectivity index (χ2n) is 10.4. The van der Waals surface area contributed by atoms with Crippen LogP contribution in [0.25, 0.3) is 27.1 Å². The zero-order chi connectivity index (χ0) is 23.4. The van der Waals surface area contributed by atoms with Gasteiger partial charge in [0, 0.05) is 11.8 Å². The summed E-state index contributed by atoms with van der Waals surface area (Å²) in [5.41, 5.74) is 10.1. The van der Waals surface area contributed by atoms with E-state index in [4.69, 9.17) is 0 Å². The maximum Gasteiger partial charge on any atom is 0.00740 e. The third kappa shape index (κ3) is 3.43. The number of hydrogen-bond acceptors (Lipinski definition) is 0. The van der Waals surface area contributed by atoms with E-state index in [-0.39, 0.29) is 0 Å². The van der Waals surface area contributed by atoms with Gasteiger partial charge in [0.05, 0.1) is 0 Å². The SMILES string of the molecule is Cc1ccc2c(C3=CC=C4C=CC=CC4C3)c3ccccc3c(C3C=C4C=CCCC4=CC3)c2c1. The van der Waals surface area contributed by atoms with Gasteiger partial charge >= 0.3 is 0 Å². The molecule has 0 saturated carbocycles. The smallest absolute Gasteiger partial charge is 0.00740 e. The standard InChI is InChI=1S/C35H30/c1-23-14-19-32-33(20-23)35(29-18-16-25-9-3-5-11-27(25)22-29)31-13-7-6-12-30(31)34(32)28-17-15-24-8-2-4-10-26(24)21-28/h2,4-8,10-17,19-20,22,26,29H,3,9,18,21H2,1H3. The van der Waals surface area contributed by atoms with Gasteiger partial charge in [0.2, 0.25) is 0 Å². The molecule has 4 aliphatic rings. The molecule has 170 valence electrons. The molecule has 0 bridgehead atoms. The van der Waals surface area contributed by atoms with Gasteiger partial charge in [-0.15, -0.1) is 0 Å². The first kappa shape index (κ1) is 20.7. The third-order valence-electron chi connectivity index (χ3n) is 8.25. The first-order valence-corrected chi connectivity index (χ1v) is 13.0. The van der Waals surface area contributed by atoms with Gasteiger partial charge in [0.25, 0.3) is 0 Å². The van der Waals surface area contributed by atoms with Gasteiger partial charge in [-0.05, 0) is 87.6 Å². The Morgan fingerprint density at radius 1 is 0.800 bits per heavy atom. The van der Waals surface area contributed by atoms with E-state index in [2.05, 4.69) is 110 Å². The first-order chi connectivity index (χ1) is 17.3. The first-order valence-electron chi connectivity index (χ1n) is 13.0. The number of aryl methyl sites for hydroxylation is 1. The highest BCUT2D eigenvalue weighted by molar-refractivity contribution is 6.12. The minimum absolute atomic E-state index is 0.401. The van der Waals surface area contributed by atoms with Gasteiger partial charge in [0.15, 0.2) is 0 Å². The second-order valence-corrected chi connectivity index (χ2v) is 10.4. The topological polar surface area (TPSA) is 0 Å². The fourth-order valence-electron chi connectivity index (χ4n) is 6.56. The number of benzene rings is 3. The zero-order valence-corrected chi connectivity index (χ0v) is 20.3. The second kappa shape index (κ2) is 8.24. The van der Waals surface area contributed by atoms with Gasteiger partial charge in [-0.1, -0.05) is 109 Å². The van der Waals surface area contributed by atoms with E-state index >= 15 is 0 Å². The van der Waals surface area contributed by atoms with Crippen LogP contribution in [0.15, 0.2) is 120 Å². The summed E-state index contributed by atoms with van der Waals surface area (Å²) in [6, 6.07) is 16.2. The highest BCUT2D eigenvalue weighted by Crippen LogP contribution is 2.46. The summed E-state index contributed by atoms with van der Waals surface area (Å²) in [6.45, 7) is 2.23. The monoisotopic (exact) mass is 450 g/mol. The van der Waals surface area contributed by atoms with Crippen molar-refractivity contribution in [3.05, 3.63) is 137 Å². The van der Waals surface area contributed by atoms with Crippen molar-refractivity contribution < 1.29 is 0 Å². The Morgan fingerprint density at radius 2 is 1.69 bits per heavy atom. The van der Waals surface area contributed by atoms with Crippen LogP contribution in [0.5, 0.6) is 0 Å². The molecule has 3 aromatic carbocycles. The predicted molar refractivity (Wildman–Crippen MR) is 151 cm³/mol. The van der Waals surface area contributed by atoms with Gasteiger partial charge < -0.3 is 0 Å². The lowest BCUT2D eigenvalue weighted by Gasteiger charge is -2.28. The van der Waals surface area contributed by atoms with Crippen LogP contribution in [0.3, 0.4) is 0 Å². The summed E-state index contributed by atoms with van der Waals surface area (Å²) in [5.74, 6) is 0.877. The van der Waals surface area contributed by atoms with Crippen LogP contribution in [0, 0.1) is 12.8 Å². The van der Waals surface area contributed by atoms with Crippen molar-refractivity contribution in [2.24, 2.45) is 5.92 Å². The largest absolute Gasteiger partial charge is 0.0836 e. The number of allylic oxidation sites excluding steroid dienone is 14. The van der Waals surface area contributed by atoms with Crippen molar-refractivity contribution in [1.82, 2.24) is 0 Å². The molecule has 2 atom stereocenters. The lowest BCUT2D eigenvalue weighted by Crippen LogP contribution is -2.09. The third-order valence-corrected chi connectivity index (χ3v) is 8.25. The molecule has 0 amide bonds. The van der Waals surface area contributed by atoms with E-state index in [1.54, 1.807) is 0 Å². The molecule has 35 heavy (non-hydrogen) atoms. The van der Waals surface area contributed by atoms with Crippen LogP contribution < -0.4 is 0 Å². The Balaban J connectivity index is 1.50. The molecule has 0 heterocycles. The van der Waals surface area contributed by atoms with Gasteiger partial charge in [-0.3, -0.25) is 0 Å². The quantitative estimate of drug-likeness (QED) is 0.341. The molecule has 0 N–H and O–H groups in total. The molecule has 0 aromatic heterocycles. The van der Waals surface area contributed by atoms with E-state index in [9.17, 15) is 0 Å². The molecule has 0 radical (unpaired) electrons. The molecule has 0 spiro atoms. The average Bonchev–Trinajstić information content (AvgIpc) is 2.91. The minimum Gasteiger partial charge on any atom is -0.0836 e. The van der Waals surface area contributed by atoms with E-state index in [0.29, 0.717) is 11.8 Å². The number of rotatable bonds is 2. The zero-order valence-electron chi connectivity index (χ0n) is 20.3. The molecular weight excluding hydrogens is 420 g/mol. The Bertz CT molecular complexity index is 1590. The van der Waals surface area contributed by atoms with Gasteiger partial charge in [-0.25, -0.2) is 0 Å². The fraction of sp³-hybridized carbons (Fsp3) is 0.200. The Hall–Kier alpha value is -3.64. The molecule has 7 rings (SSSR count). The lowest BCUT2D eigenvalue weighted by molar-refractivity contribution is 0.794. The Kier molecular flexibility index (Phi) is 4.87. The molecule has 0 heteroatoms. The molecule has 0 saturated heterocycles. The van der Waals surface area contributed by atoms with E-state index < -0.39 is 0 Å². The molecular formula is C35H30. The Labute approximate surface area is 208 Å². The van der Waals surface area contributed by atoms with Crippen molar-refractivity contribution in [1.29, 1.82) is 0 Å². The maximum atomic E-state index is 2.54. The predicted octanol–water partition coefficient (Wildman–Crippen LogP) is 9.45. The highest BCUT2D eigenvalue weighted by atomic mass is 14.3. The molecule has 2 unspecified atom stereocenters. The van der Waals surface area contributed by atoms with Crippen molar-refractivity contribution >= 4 is 27.1 Å². The average molecular weight is 451 g/mol. The molecule has 0 fully saturated rings. The molecule has 4 aliphatic carbocycles. The van der Waals surface area contributed by atoms with Crippen molar-refractivity contribution in [2.45, 2.75) is 38.5 Å². The van der Waals surface area contributed by atoms with Crippen molar-refractivity contribution in [3.63, 3.8) is 0 Å². The summed E-state index contributed by atoms with van der Waals surface area (Å²) in [6.07, 6.45) is 27.9. The summed E-state index contributed by atoms with van der Waals surface area (Å²) in [7, 11) is 0. The van der Waals surface area contributed by atoms with Crippen LogP contribution >= 0.6 is 0 Å². The Morgan fingerprint density at radius 3 is 2.63 bits per heavy atom. The normalized spacial score (nSPS) is 22.9. The minimum atomic E-state index is 0.401. The highest BCUT2D eigenvalue weighted by Gasteiger charge is 2.25. The van der Waals surface area contributed by atoms with Gasteiger partial charge in [-0.2, -0.15) is 0 Å². The van der Waals surface area contributed by atoms with Crippen molar-refractivity contribution in [3.8, 4) is 0 Å². The van der Waals surface area contributed by atoms with Crippen LogP contribution in [-0.2, 0) is 0 Å². The maximum absolute atomic E-state index is 2.54. The van der Waals surface area contributed by atoms with Crippen LogP contribution in [0.2, 0.25) is 0 Å². The lowest BCUT2D eigenvalue weighted by atomic mass is 9.76. The van der Waals surface area contributed by atoms with E-state index in [1.807, 2.05) is 0 Å². The van der Waals surface area contributed by atoms with E-state index in [1.165, 1.54) is 73.4 Å². The molecule has 0 aliphatic heterocycles. The fourth-order valence-corrected chi connectivity index (χ4v) is 6.56. The van der Waals surface area contributed by atoms with Crippen molar-refractivity contribution in [2.75, 3.05) is 0 Å². The summed E-state index contributed by atoms with van der Waals surface area (Å²) >= 11 is 0.